The van der Waals surface area contributed by atoms with Gasteiger partial charge in [-0.05, 0) is 52.6 Å². The summed E-state index contributed by atoms with van der Waals surface area (Å²) < 4.78 is 16.6. The third-order valence-corrected chi connectivity index (χ3v) is 5.48. The zero-order valence-corrected chi connectivity index (χ0v) is 15.1. The number of halogens is 3. The number of aromatic nitrogens is 2. The van der Waals surface area contributed by atoms with Crippen molar-refractivity contribution in [1.29, 1.82) is 0 Å². The highest BCUT2D eigenvalue weighted by Gasteiger charge is 2.14. The van der Waals surface area contributed by atoms with Crippen molar-refractivity contribution in [2.45, 2.75) is 19.9 Å². The van der Waals surface area contributed by atoms with Crippen LogP contribution in [0.3, 0.4) is 0 Å². The maximum Gasteiger partial charge on any atom is 0.138 e. The second-order valence-corrected chi connectivity index (χ2v) is 7.38. The fraction of sp³-hybridized carbons (Fsp3) is 0.267. The molecule has 21 heavy (non-hydrogen) atoms. The number of benzene rings is 1. The van der Waals surface area contributed by atoms with Gasteiger partial charge in [0, 0.05) is 23.2 Å². The number of alkyl halides is 1. The van der Waals surface area contributed by atoms with Crippen LogP contribution in [0.5, 0.6) is 0 Å². The van der Waals surface area contributed by atoms with Gasteiger partial charge >= 0.3 is 0 Å². The third-order valence-electron chi connectivity index (χ3n) is 3.46. The molecule has 3 aromatic rings. The van der Waals surface area contributed by atoms with E-state index in [0.29, 0.717) is 22.4 Å². The van der Waals surface area contributed by atoms with E-state index in [1.165, 1.54) is 10.4 Å². The summed E-state index contributed by atoms with van der Waals surface area (Å²) in [4.78, 5) is 5.89. The van der Waals surface area contributed by atoms with E-state index in [1.54, 1.807) is 23.5 Å². The van der Waals surface area contributed by atoms with Crippen molar-refractivity contribution in [3.05, 3.63) is 49.2 Å². The Balaban J connectivity index is 2.15. The van der Waals surface area contributed by atoms with Gasteiger partial charge in [-0.2, -0.15) is 0 Å². The Hall–Kier alpha value is -0.660. The van der Waals surface area contributed by atoms with E-state index in [2.05, 4.69) is 27.9 Å². The van der Waals surface area contributed by atoms with E-state index in [9.17, 15) is 4.39 Å². The predicted octanol–water partition coefficient (Wildman–Crippen LogP) is 4.98. The molecule has 0 radical (unpaired) electrons. The van der Waals surface area contributed by atoms with Crippen LogP contribution in [0.15, 0.2) is 23.6 Å². The highest BCUT2D eigenvalue weighted by Crippen LogP contribution is 2.25. The van der Waals surface area contributed by atoms with Crippen LogP contribution in [0.1, 0.15) is 16.3 Å². The average molecular weight is 435 g/mol. The topological polar surface area (TPSA) is 17.8 Å². The number of thiophene rings is 1. The zero-order valence-electron chi connectivity index (χ0n) is 11.4. The van der Waals surface area contributed by atoms with E-state index in [-0.39, 0.29) is 5.82 Å². The van der Waals surface area contributed by atoms with Gasteiger partial charge in [0.1, 0.15) is 11.6 Å². The molecule has 0 aliphatic heterocycles. The van der Waals surface area contributed by atoms with Crippen LogP contribution in [-0.2, 0) is 13.0 Å². The molecule has 2 nitrogen and oxygen atoms in total. The van der Waals surface area contributed by atoms with Crippen LogP contribution in [0.25, 0.3) is 11.0 Å². The van der Waals surface area contributed by atoms with Crippen molar-refractivity contribution in [2.24, 2.45) is 0 Å². The first-order valence-electron chi connectivity index (χ1n) is 6.53. The van der Waals surface area contributed by atoms with Crippen LogP contribution in [-0.4, -0.2) is 15.4 Å². The van der Waals surface area contributed by atoms with Crippen LogP contribution in [0, 0.1) is 16.3 Å². The number of rotatable bonds is 4. The largest absolute Gasteiger partial charge is 0.323 e. The molecule has 110 valence electrons. The number of hydrogen-bond acceptors (Lipinski definition) is 2. The van der Waals surface area contributed by atoms with Crippen molar-refractivity contribution < 1.29 is 4.39 Å². The van der Waals surface area contributed by atoms with Gasteiger partial charge in [-0.1, -0.05) is 0 Å². The van der Waals surface area contributed by atoms with Gasteiger partial charge in [-0.15, -0.1) is 22.9 Å². The third kappa shape index (κ3) is 2.96. The molecule has 0 aliphatic rings. The summed E-state index contributed by atoms with van der Waals surface area (Å²) in [6.07, 6.45) is 0.679. The molecule has 3 rings (SSSR count). The number of aryl methyl sites for hydroxylation is 2. The van der Waals surface area contributed by atoms with E-state index >= 15 is 0 Å². The van der Waals surface area contributed by atoms with Gasteiger partial charge in [0.25, 0.3) is 0 Å². The van der Waals surface area contributed by atoms with E-state index in [1.807, 2.05) is 22.6 Å². The molecule has 0 amide bonds. The van der Waals surface area contributed by atoms with Gasteiger partial charge in [-0.25, -0.2) is 9.37 Å². The Kier molecular flexibility index (Phi) is 4.51. The summed E-state index contributed by atoms with van der Waals surface area (Å²) in [6, 6.07) is 5.47. The highest BCUT2D eigenvalue weighted by atomic mass is 127. The first-order valence-corrected chi connectivity index (χ1v) is 9.02. The number of hydrogen-bond donors (Lipinski definition) is 0. The molecule has 0 fully saturated rings. The van der Waals surface area contributed by atoms with Crippen molar-refractivity contribution in [1.82, 2.24) is 9.55 Å². The van der Waals surface area contributed by atoms with Gasteiger partial charge in [-0.3, -0.25) is 0 Å². The van der Waals surface area contributed by atoms with Crippen molar-refractivity contribution in [3.63, 3.8) is 0 Å². The molecule has 0 atom stereocenters. The van der Waals surface area contributed by atoms with Gasteiger partial charge in [0.15, 0.2) is 0 Å². The van der Waals surface area contributed by atoms with Crippen molar-refractivity contribution in [2.75, 3.05) is 5.88 Å². The molecule has 0 saturated heterocycles. The molecule has 0 unspecified atom stereocenters. The van der Waals surface area contributed by atoms with Gasteiger partial charge < -0.3 is 4.57 Å². The molecular weight excluding hydrogens is 422 g/mol. The normalized spacial score (nSPS) is 11.4. The number of imidazole rings is 1. The molecule has 0 saturated carbocycles. The van der Waals surface area contributed by atoms with E-state index < -0.39 is 0 Å². The zero-order chi connectivity index (χ0) is 15.0. The Morgan fingerprint density at radius 2 is 2.24 bits per heavy atom. The minimum absolute atomic E-state index is 0.204. The lowest BCUT2D eigenvalue weighted by molar-refractivity contribution is 0.621. The Morgan fingerprint density at radius 1 is 1.43 bits per heavy atom. The van der Waals surface area contributed by atoms with Crippen molar-refractivity contribution >= 4 is 56.6 Å². The van der Waals surface area contributed by atoms with Gasteiger partial charge in [0.2, 0.25) is 0 Å². The molecule has 0 spiro atoms. The lowest BCUT2D eigenvalue weighted by Crippen LogP contribution is -2.06. The molecule has 6 heteroatoms. The minimum Gasteiger partial charge on any atom is -0.323 e. The van der Waals surface area contributed by atoms with E-state index in [0.717, 1.165) is 16.9 Å². The summed E-state index contributed by atoms with van der Waals surface area (Å²) in [6.45, 7) is 2.81. The SMILES string of the molecule is Cc1ccsc1Cn1c(CCCl)nc2cc(I)c(F)cc21. The maximum atomic E-state index is 13.9. The summed E-state index contributed by atoms with van der Waals surface area (Å²) in [5.41, 5.74) is 2.92. The fourth-order valence-electron chi connectivity index (χ4n) is 2.33. The van der Waals surface area contributed by atoms with Crippen LogP contribution in [0.4, 0.5) is 4.39 Å². The summed E-state index contributed by atoms with van der Waals surface area (Å²) >= 11 is 9.59. The van der Waals surface area contributed by atoms with E-state index in [4.69, 9.17) is 11.6 Å². The lowest BCUT2D eigenvalue weighted by Gasteiger charge is -2.08. The Bertz CT molecular complexity index is 796. The lowest BCUT2D eigenvalue weighted by atomic mass is 10.2. The number of fused-ring (bicyclic) bond motifs is 1. The smallest absolute Gasteiger partial charge is 0.138 e. The first kappa shape index (κ1) is 15.2. The van der Waals surface area contributed by atoms with Crippen LogP contribution >= 0.6 is 45.5 Å². The molecular formula is C15H13ClFIN2S. The predicted molar refractivity (Wildman–Crippen MR) is 95.0 cm³/mol. The monoisotopic (exact) mass is 434 g/mol. The molecule has 0 bridgehead atoms. The Labute approximate surface area is 145 Å². The minimum atomic E-state index is -0.204. The highest BCUT2D eigenvalue weighted by molar-refractivity contribution is 14.1. The number of nitrogens with zero attached hydrogens (tertiary/aromatic N) is 2. The standard InChI is InChI=1S/C15H13ClFIN2S/c1-9-3-5-21-14(9)8-20-13-6-10(17)11(18)7-12(13)19-15(20)2-4-16/h3,5-7H,2,4,8H2,1H3. The van der Waals surface area contributed by atoms with Crippen LogP contribution in [0.2, 0.25) is 0 Å². The summed E-state index contributed by atoms with van der Waals surface area (Å²) in [5.74, 6) is 1.21. The Morgan fingerprint density at radius 3 is 2.90 bits per heavy atom. The molecule has 0 aliphatic carbocycles. The fourth-order valence-corrected chi connectivity index (χ4v) is 3.85. The second kappa shape index (κ2) is 6.22. The van der Waals surface area contributed by atoms with Gasteiger partial charge in [0.05, 0.1) is 21.1 Å². The first-order chi connectivity index (χ1) is 10.1. The molecule has 2 heterocycles. The van der Waals surface area contributed by atoms with Crippen LogP contribution < -0.4 is 0 Å². The molecule has 0 N–H and O–H groups in total. The molecule has 1 aromatic carbocycles. The summed E-state index contributed by atoms with van der Waals surface area (Å²) in [5, 5.41) is 2.08. The maximum absolute atomic E-state index is 13.9. The second-order valence-electron chi connectivity index (χ2n) is 4.83. The van der Waals surface area contributed by atoms with Crippen molar-refractivity contribution in [3.8, 4) is 0 Å². The average Bonchev–Trinajstić information content (AvgIpc) is 2.98. The quantitative estimate of drug-likeness (QED) is 0.418. The summed E-state index contributed by atoms with van der Waals surface area (Å²) in [7, 11) is 0. The molecule has 2 aromatic heterocycles.